The van der Waals surface area contributed by atoms with Crippen LogP contribution in [0, 0.1) is 11.3 Å². The Balaban J connectivity index is 2.11. The predicted octanol–water partition coefficient (Wildman–Crippen LogP) is 1.85. The summed E-state index contributed by atoms with van der Waals surface area (Å²) >= 11 is 0. The standard InChI is InChI=1S/C15H17N3O2/c1-15(2,10-16)17-14(20)11-5-7-12(8-6-11)18-9-3-4-13(18)19/h5-8H,3-4,9H2,1-2H3,(H,17,20). The summed E-state index contributed by atoms with van der Waals surface area (Å²) < 4.78 is 0. The molecule has 0 atom stereocenters. The van der Waals surface area contributed by atoms with Crippen LogP contribution < -0.4 is 10.2 Å². The van der Waals surface area contributed by atoms with Crippen LogP contribution in [-0.4, -0.2) is 23.9 Å². The Labute approximate surface area is 118 Å². The van der Waals surface area contributed by atoms with Crippen LogP contribution in [0.3, 0.4) is 0 Å². The molecule has 0 radical (unpaired) electrons. The maximum Gasteiger partial charge on any atom is 0.252 e. The first-order chi connectivity index (χ1) is 9.43. The Kier molecular flexibility index (Phi) is 3.75. The fourth-order valence-electron chi connectivity index (χ4n) is 2.10. The molecule has 1 aromatic carbocycles. The van der Waals surface area contributed by atoms with Gasteiger partial charge < -0.3 is 10.2 Å². The van der Waals surface area contributed by atoms with Gasteiger partial charge in [0, 0.05) is 24.2 Å². The van der Waals surface area contributed by atoms with Crippen molar-refractivity contribution < 1.29 is 9.59 Å². The first kappa shape index (κ1) is 14.1. The van der Waals surface area contributed by atoms with E-state index < -0.39 is 5.54 Å². The fraction of sp³-hybridized carbons (Fsp3) is 0.400. The first-order valence-corrected chi connectivity index (χ1v) is 6.57. The van der Waals surface area contributed by atoms with Gasteiger partial charge in [0.2, 0.25) is 5.91 Å². The summed E-state index contributed by atoms with van der Waals surface area (Å²) in [6, 6.07) is 8.88. The Bertz CT molecular complexity index is 570. The van der Waals surface area contributed by atoms with E-state index in [0.29, 0.717) is 12.0 Å². The molecule has 1 aliphatic heterocycles. The average molecular weight is 271 g/mol. The minimum absolute atomic E-state index is 0.118. The molecule has 0 spiro atoms. The lowest BCUT2D eigenvalue weighted by atomic mass is 10.1. The summed E-state index contributed by atoms with van der Waals surface area (Å²) in [5.74, 6) is -0.177. The molecule has 0 bridgehead atoms. The van der Waals surface area contributed by atoms with E-state index in [9.17, 15) is 9.59 Å². The number of nitrogens with zero attached hydrogens (tertiary/aromatic N) is 2. The molecule has 0 saturated carbocycles. The Morgan fingerprint density at radius 3 is 2.50 bits per heavy atom. The number of carbonyl (C=O) groups is 2. The van der Waals surface area contributed by atoms with Gasteiger partial charge in [-0.2, -0.15) is 5.26 Å². The molecule has 0 aliphatic carbocycles. The smallest absolute Gasteiger partial charge is 0.252 e. The molecule has 2 rings (SSSR count). The molecule has 0 unspecified atom stereocenters. The van der Waals surface area contributed by atoms with Gasteiger partial charge in [-0.3, -0.25) is 9.59 Å². The van der Waals surface area contributed by atoms with Gasteiger partial charge in [-0.25, -0.2) is 0 Å². The van der Waals surface area contributed by atoms with Crippen LogP contribution in [0.25, 0.3) is 0 Å². The van der Waals surface area contributed by atoms with Gasteiger partial charge in [0.15, 0.2) is 0 Å². The van der Waals surface area contributed by atoms with E-state index in [1.165, 1.54) is 0 Å². The highest BCUT2D eigenvalue weighted by atomic mass is 16.2. The maximum absolute atomic E-state index is 12.0. The van der Waals surface area contributed by atoms with Crippen LogP contribution in [0.5, 0.6) is 0 Å². The summed E-state index contributed by atoms with van der Waals surface area (Å²) in [5, 5.41) is 11.5. The van der Waals surface area contributed by atoms with Gasteiger partial charge in [0.1, 0.15) is 5.54 Å². The molecule has 1 aliphatic rings. The Hall–Kier alpha value is -2.35. The molecule has 1 heterocycles. The van der Waals surface area contributed by atoms with Gasteiger partial charge in [0.05, 0.1) is 6.07 Å². The zero-order valence-electron chi connectivity index (χ0n) is 11.6. The lowest BCUT2D eigenvalue weighted by Gasteiger charge is -2.18. The predicted molar refractivity (Wildman–Crippen MR) is 75.2 cm³/mol. The van der Waals surface area contributed by atoms with Gasteiger partial charge >= 0.3 is 0 Å². The van der Waals surface area contributed by atoms with Crippen molar-refractivity contribution in [1.29, 1.82) is 5.26 Å². The van der Waals surface area contributed by atoms with E-state index >= 15 is 0 Å². The minimum atomic E-state index is -0.902. The molecular formula is C15H17N3O2. The lowest BCUT2D eigenvalue weighted by Crippen LogP contribution is -2.42. The van der Waals surface area contributed by atoms with E-state index in [2.05, 4.69) is 5.32 Å². The molecule has 2 amide bonds. The van der Waals surface area contributed by atoms with E-state index in [-0.39, 0.29) is 11.8 Å². The SMILES string of the molecule is CC(C)(C#N)NC(=O)c1ccc(N2CCCC2=O)cc1. The van der Waals surface area contributed by atoms with Crippen molar-refractivity contribution in [2.45, 2.75) is 32.2 Å². The number of amides is 2. The third-order valence-electron chi connectivity index (χ3n) is 3.22. The number of benzene rings is 1. The summed E-state index contributed by atoms with van der Waals surface area (Å²) in [5.41, 5.74) is 0.382. The highest BCUT2D eigenvalue weighted by Gasteiger charge is 2.23. The largest absolute Gasteiger partial charge is 0.334 e. The molecule has 1 saturated heterocycles. The van der Waals surface area contributed by atoms with Crippen molar-refractivity contribution >= 4 is 17.5 Å². The van der Waals surface area contributed by atoms with Crippen LogP contribution in [0.2, 0.25) is 0 Å². The van der Waals surface area contributed by atoms with Gasteiger partial charge in [-0.15, -0.1) is 0 Å². The number of hydrogen-bond acceptors (Lipinski definition) is 3. The second-order valence-electron chi connectivity index (χ2n) is 5.39. The summed E-state index contributed by atoms with van der Waals surface area (Å²) in [6.07, 6.45) is 1.45. The van der Waals surface area contributed by atoms with Crippen molar-refractivity contribution in [2.75, 3.05) is 11.4 Å². The van der Waals surface area contributed by atoms with Crippen LogP contribution >= 0.6 is 0 Å². The number of anilines is 1. The monoisotopic (exact) mass is 271 g/mol. The zero-order valence-corrected chi connectivity index (χ0v) is 11.6. The van der Waals surface area contributed by atoms with E-state index in [1.807, 2.05) is 6.07 Å². The number of carbonyl (C=O) groups excluding carboxylic acids is 2. The molecule has 1 aromatic rings. The first-order valence-electron chi connectivity index (χ1n) is 6.57. The van der Waals surface area contributed by atoms with Crippen LogP contribution in [0.1, 0.15) is 37.0 Å². The van der Waals surface area contributed by atoms with Crippen molar-refractivity contribution in [3.63, 3.8) is 0 Å². The molecule has 1 fully saturated rings. The summed E-state index contributed by atoms with van der Waals surface area (Å²) in [6.45, 7) is 4.01. The number of nitrogens with one attached hydrogen (secondary N) is 1. The molecule has 0 aromatic heterocycles. The normalized spacial score (nSPS) is 15.1. The quantitative estimate of drug-likeness (QED) is 0.911. The van der Waals surface area contributed by atoms with Crippen molar-refractivity contribution in [3.8, 4) is 6.07 Å². The summed E-state index contributed by atoms with van der Waals surface area (Å²) in [7, 11) is 0. The Morgan fingerprint density at radius 2 is 2.00 bits per heavy atom. The van der Waals surface area contributed by atoms with Crippen LogP contribution in [0.4, 0.5) is 5.69 Å². The second-order valence-corrected chi connectivity index (χ2v) is 5.39. The minimum Gasteiger partial charge on any atom is -0.334 e. The zero-order chi connectivity index (χ0) is 14.8. The number of rotatable bonds is 3. The lowest BCUT2D eigenvalue weighted by molar-refractivity contribution is -0.117. The molecule has 1 N–H and O–H groups in total. The summed E-state index contributed by atoms with van der Waals surface area (Å²) in [4.78, 5) is 25.3. The van der Waals surface area contributed by atoms with Crippen LogP contribution in [-0.2, 0) is 4.79 Å². The fourth-order valence-corrected chi connectivity index (χ4v) is 2.10. The molecule has 5 heteroatoms. The van der Waals surface area contributed by atoms with E-state index in [1.54, 1.807) is 43.0 Å². The van der Waals surface area contributed by atoms with Crippen molar-refractivity contribution in [2.24, 2.45) is 0 Å². The molecule has 5 nitrogen and oxygen atoms in total. The van der Waals surface area contributed by atoms with Crippen molar-refractivity contribution in [1.82, 2.24) is 5.32 Å². The average Bonchev–Trinajstić information content (AvgIpc) is 2.85. The maximum atomic E-state index is 12.0. The molecule has 20 heavy (non-hydrogen) atoms. The van der Waals surface area contributed by atoms with Crippen molar-refractivity contribution in [3.05, 3.63) is 29.8 Å². The number of nitriles is 1. The topological polar surface area (TPSA) is 73.2 Å². The number of hydrogen-bond donors (Lipinski definition) is 1. The molecule has 104 valence electrons. The van der Waals surface area contributed by atoms with E-state index in [0.717, 1.165) is 18.7 Å². The second kappa shape index (κ2) is 5.33. The van der Waals surface area contributed by atoms with Gasteiger partial charge in [-0.1, -0.05) is 0 Å². The van der Waals surface area contributed by atoms with Gasteiger partial charge in [0.25, 0.3) is 5.91 Å². The van der Waals surface area contributed by atoms with Crippen LogP contribution in [0.15, 0.2) is 24.3 Å². The molecular weight excluding hydrogens is 254 g/mol. The van der Waals surface area contributed by atoms with Gasteiger partial charge in [-0.05, 0) is 44.5 Å². The van der Waals surface area contributed by atoms with E-state index in [4.69, 9.17) is 5.26 Å². The Morgan fingerprint density at radius 1 is 1.35 bits per heavy atom. The third-order valence-corrected chi connectivity index (χ3v) is 3.22. The third kappa shape index (κ3) is 2.97. The highest BCUT2D eigenvalue weighted by Crippen LogP contribution is 2.21. The highest BCUT2D eigenvalue weighted by molar-refractivity contribution is 5.97.